The fourth-order valence-corrected chi connectivity index (χ4v) is 3.90. The van der Waals surface area contributed by atoms with Gasteiger partial charge >= 0.3 is 0 Å². The molecule has 0 fully saturated rings. The minimum Gasteiger partial charge on any atom is -0.318 e. The molecule has 26 heavy (non-hydrogen) atoms. The van der Waals surface area contributed by atoms with Crippen LogP contribution in [0.5, 0.6) is 0 Å². The van der Waals surface area contributed by atoms with Gasteiger partial charge in [0.15, 0.2) is 0 Å². The van der Waals surface area contributed by atoms with E-state index in [1.54, 1.807) is 11.3 Å². The first-order valence-corrected chi connectivity index (χ1v) is 9.34. The number of rotatable bonds is 4. The molecular formula is C21H20N4S. The quantitative estimate of drug-likeness (QED) is 0.388. The van der Waals surface area contributed by atoms with E-state index >= 15 is 0 Å². The van der Waals surface area contributed by atoms with Crippen molar-refractivity contribution in [1.82, 2.24) is 9.55 Å². The van der Waals surface area contributed by atoms with Crippen molar-refractivity contribution in [3.63, 3.8) is 0 Å². The van der Waals surface area contributed by atoms with E-state index in [0.29, 0.717) is 0 Å². The molecule has 0 amide bonds. The molecule has 1 N–H and O–H groups in total. The molecule has 130 valence electrons. The summed E-state index contributed by atoms with van der Waals surface area (Å²) in [7, 11) is 0. The highest BCUT2D eigenvalue weighted by molar-refractivity contribution is 7.22. The summed E-state index contributed by atoms with van der Waals surface area (Å²) in [4.78, 5) is 4.53. The first kappa shape index (κ1) is 16.5. The maximum absolute atomic E-state index is 4.53. The molecular weight excluding hydrogens is 340 g/mol. The van der Waals surface area contributed by atoms with Gasteiger partial charge in [0, 0.05) is 22.6 Å². The largest absolute Gasteiger partial charge is 0.318 e. The number of nitrogens with one attached hydrogen (secondary N) is 1. The predicted octanol–water partition coefficient (Wildman–Crippen LogP) is 5.46. The number of benzene rings is 2. The summed E-state index contributed by atoms with van der Waals surface area (Å²) in [6, 6.07) is 18.8. The molecule has 0 saturated carbocycles. The van der Waals surface area contributed by atoms with Gasteiger partial charge in [0.1, 0.15) is 0 Å². The van der Waals surface area contributed by atoms with E-state index in [4.69, 9.17) is 0 Å². The minimum absolute atomic E-state index is 0.801. The summed E-state index contributed by atoms with van der Waals surface area (Å²) in [6.45, 7) is 6.34. The number of hydrogen-bond donors (Lipinski definition) is 1. The number of aromatic nitrogens is 2. The molecule has 2 aromatic carbocycles. The average molecular weight is 360 g/mol. The lowest BCUT2D eigenvalue weighted by molar-refractivity contribution is 0.964. The smallest absolute Gasteiger partial charge is 0.204 e. The number of hydrazone groups is 1. The van der Waals surface area contributed by atoms with Crippen LogP contribution in [0.4, 0.5) is 5.13 Å². The Hall–Kier alpha value is -2.92. The van der Waals surface area contributed by atoms with Gasteiger partial charge in [-0.05, 0) is 51.1 Å². The fourth-order valence-electron chi connectivity index (χ4n) is 3.09. The lowest BCUT2D eigenvalue weighted by atomic mass is 10.2. The van der Waals surface area contributed by atoms with Crippen LogP contribution in [0.3, 0.4) is 0 Å². The van der Waals surface area contributed by atoms with Crippen molar-refractivity contribution in [2.24, 2.45) is 5.10 Å². The van der Waals surface area contributed by atoms with Crippen LogP contribution in [-0.2, 0) is 0 Å². The van der Waals surface area contributed by atoms with Gasteiger partial charge in [0.05, 0.1) is 16.4 Å². The SMILES string of the molecule is Cc1ccc(-n2c(C)cc(/C=N\Nc3nc4ccccc4s3)c2C)cc1. The van der Waals surface area contributed by atoms with Gasteiger partial charge in [-0.25, -0.2) is 4.98 Å². The van der Waals surface area contributed by atoms with Gasteiger partial charge in [-0.3, -0.25) is 5.43 Å². The van der Waals surface area contributed by atoms with Crippen LogP contribution >= 0.6 is 11.3 Å². The second kappa shape index (κ2) is 6.77. The molecule has 2 aromatic heterocycles. The normalized spacial score (nSPS) is 11.5. The highest BCUT2D eigenvalue weighted by atomic mass is 32.1. The Morgan fingerprint density at radius 1 is 1.04 bits per heavy atom. The van der Waals surface area contributed by atoms with Crippen LogP contribution < -0.4 is 5.43 Å². The Kier molecular flexibility index (Phi) is 4.31. The zero-order chi connectivity index (χ0) is 18.1. The van der Waals surface area contributed by atoms with Crippen LogP contribution in [-0.4, -0.2) is 15.8 Å². The zero-order valence-electron chi connectivity index (χ0n) is 15.0. The molecule has 0 saturated heterocycles. The van der Waals surface area contributed by atoms with E-state index in [-0.39, 0.29) is 0 Å². The van der Waals surface area contributed by atoms with Gasteiger partial charge in [-0.1, -0.05) is 41.2 Å². The Morgan fingerprint density at radius 2 is 1.81 bits per heavy atom. The standard InChI is InChI=1S/C21H20N4S/c1-14-8-10-18(11-9-14)25-15(2)12-17(16(25)3)13-22-24-21-23-19-6-4-5-7-20(19)26-21/h4-13H,1-3H3,(H,23,24)/b22-13-. The molecule has 4 nitrogen and oxygen atoms in total. The van der Waals surface area contributed by atoms with Gasteiger partial charge < -0.3 is 4.57 Å². The van der Waals surface area contributed by atoms with E-state index in [1.165, 1.54) is 22.6 Å². The number of anilines is 1. The van der Waals surface area contributed by atoms with Crippen molar-refractivity contribution in [2.45, 2.75) is 20.8 Å². The number of para-hydroxylation sites is 1. The maximum Gasteiger partial charge on any atom is 0.204 e. The topological polar surface area (TPSA) is 42.2 Å². The molecule has 0 spiro atoms. The summed E-state index contributed by atoms with van der Waals surface area (Å²) in [5.41, 5.74) is 9.93. The van der Waals surface area contributed by atoms with E-state index in [0.717, 1.165) is 20.9 Å². The van der Waals surface area contributed by atoms with Gasteiger partial charge in [-0.15, -0.1) is 0 Å². The number of thiazole rings is 1. The Labute approximate surface area is 156 Å². The van der Waals surface area contributed by atoms with E-state index in [9.17, 15) is 0 Å². The molecule has 2 heterocycles. The van der Waals surface area contributed by atoms with Crippen molar-refractivity contribution in [3.05, 3.63) is 77.1 Å². The number of fused-ring (bicyclic) bond motifs is 1. The van der Waals surface area contributed by atoms with Gasteiger partial charge in [0.2, 0.25) is 5.13 Å². The molecule has 0 bridgehead atoms. The summed E-state index contributed by atoms with van der Waals surface area (Å²) in [6.07, 6.45) is 1.86. The molecule has 0 aliphatic carbocycles. The average Bonchev–Trinajstić information content (AvgIpc) is 3.17. The van der Waals surface area contributed by atoms with Crippen molar-refractivity contribution < 1.29 is 0 Å². The third-order valence-electron chi connectivity index (χ3n) is 4.42. The summed E-state index contributed by atoms with van der Waals surface area (Å²) in [5, 5.41) is 5.19. The summed E-state index contributed by atoms with van der Waals surface area (Å²) < 4.78 is 3.40. The molecule has 5 heteroatoms. The van der Waals surface area contributed by atoms with Crippen molar-refractivity contribution in [3.8, 4) is 5.69 Å². The Morgan fingerprint density at radius 3 is 2.58 bits per heavy atom. The van der Waals surface area contributed by atoms with Crippen LogP contribution in [0, 0.1) is 20.8 Å². The maximum atomic E-state index is 4.53. The molecule has 0 unspecified atom stereocenters. The van der Waals surface area contributed by atoms with Gasteiger partial charge in [0.25, 0.3) is 0 Å². The zero-order valence-corrected chi connectivity index (χ0v) is 15.8. The summed E-state index contributed by atoms with van der Waals surface area (Å²) in [5.74, 6) is 0. The molecule has 0 aliphatic heterocycles. The molecule has 0 aliphatic rings. The third kappa shape index (κ3) is 3.13. The highest BCUT2D eigenvalue weighted by Gasteiger charge is 2.09. The third-order valence-corrected chi connectivity index (χ3v) is 5.36. The first-order valence-electron chi connectivity index (χ1n) is 8.52. The van der Waals surface area contributed by atoms with Crippen LogP contribution in [0.15, 0.2) is 59.7 Å². The monoisotopic (exact) mass is 360 g/mol. The number of aryl methyl sites for hydroxylation is 2. The first-order chi connectivity index (χ1) is 12.6. The van der Waals surface area contributed by atoms with Crippen LogP contribution in [0.2, 0.25) is 0 Å². The molecule has 4 rings (SSSR count). The summed E-state index contributed by atoms with van der Waals surface area (Å²) >= 11 is 1.60. The Bertz CT molecular complexity index is 1050. The predicted molar refractivity (Wildman–Crippen MR) is 111 cm³/mol. The van der Waals surface area contributed by atoms with Crippen LogP contribution in [0.1, 0.15) is 22.5 Å². The van der Waals surface area contributed by atoms with E-state index in [1.807, 2.05) is 24.4 Å². The molecule has 0 radical (unpaired) electrons. The van der Waals surface area contributed by atoms with Crippen molar-refractivity contribution in [1.29, 1.82) is 0 Å². The van der Waals surface area contributed by atoms with Gasteiger partial charge in [-0.2, -0.15) is 5.10 Å². The second-order valence-electron chi connectivity index (χ2n) is 6.35. The van der Waals surface area contributed by atoms with E-state index in [2.05, 4.69) is 77.2 Å². The second-order valence-corrected chi connectivity index (χ2v) is 7.38. The number of nitrogens with zero attached hydrogens (tertiary/aromatic N) is 3. The molecule has 4 aromatic rings. The lowest BCUT2D eigenvalue weighted by Crippen LogP contribution is -1.99. The molecule has 0 atom stereocenters. The fraction of sp³-hybridized carbons (Fsp3) is 0.143. The Balaban J connectivity index is 1.57. The highest BCUT2D eigenvalue weighted by Crippen LogP contribution is 2.25. The van der Waals surface area contributed by atoms with E-state index < -0.39 is 0 Å². The number of hydrogen-bond acceptors (Lipinski definition) is 4. The lowest BCUT2D eigenvalue weighted by Gasteiger charge is -2.09. The van der Waals surface area contributed by atoms with Crippen molar-refractivity contribution >= 4 is 32.9 Å². The van der Waals surface area contributed by atoms with Crippen LogP contribution in [0.25, 0.3) is 15.9 Å². The van der Waals surface area contributed by atoms with Crippen molar-refractivity contribution in [2.75, 3.05) is 5.43 Å². The minimum atomic E-state index is 0.801.